The van der Waals surface area contributed by atoms with E-state index in [2.05, 4.69) is 10.8 Å². The van der Waals surface area contributed by atoms with E-state index in [0.29, 0.717) is 6.42 Å². The van der Waals surface area contributed by atoms with Crippen molar-refractivity contribution >= 4 is 0 Å². The van der Waals surface area contributed by atoms with Crippen molar-refractivity contribution in [2.75, 3.05) is 0 Å². The lowest BCUT2D eigenvalue weighted by Gasteiger charge is -2.39. The molecule has 5 aliphatic rings. The highest BCUT2D eigenvalue weighted by Gasteiger charge is 2.85. The van der Waals surface area contributed by atoms with E-state index in [4.69, 9.17) is 0 Å². The quantitative estimate of drug-likeness (QED) is 0.422. The number of allylic oxidation sites excluding steroid dienone is 2. The lowest BCUT2D eigenvalue weighted by atomic mass is 9.67. The molecule has 0 aromatic heterocycles. The minimum atomic E-state index is -5.49. The van der Waals surface area contributed by atoms with E-state index in [1.165, 1.54) is 0 Å². The lowest BCUT2D eigenvalue weighted by Crippen LogP contribution is -2.59. The molecule has 1 aliphatic heterocycles. The first kappa shape index (κ1) is 13.7. The van der Waals surface area contributed by atoms with Gasteiger partial charge in [-0.3, -0.25) is 0 Å². The number of ether oxygens (including phenoxy) is 1. The summed E-state index contributed by atoms with van der Waals surface area (Å²) in [5, 5.41) is 9.62. The standard InChI is InChI=1S/C15H15F5O2/c16-13(17)11-7-4-8(10-6-2-1-5(3-6)9(7)10)12(11)22-14(13,21)15(18,19)20/h1-2,5-12,21H,3-4H2. The summed E-state index contributed by atoms with van der Waals surface area (Å²) in [5.74, 6) is -10.2. The molecule has 0 spiro atoms. The van der Waals surface area contributed by atoms with Gasteiger partial charge in [-0.1, -0.05) is 12.2 Å². The molecule has 1 saturated heterocycles. The molecule has 0 amide bonds. The molecule has 4 fully saturated rings. The molecule has 1 N–H and O–H groups in total. The molecule has 4 bridgehead atoms. The Morgan fingerprint density at radius 3 is 2.18 bits per heavy atom. The van der Waals surface area contributed by atoms with Gasteiger partial charge in [-0.2, -0.15) is 22.0 Å². The van der Waals surface area contributed by atoms with Crippen LogP contribution in [0.5, 0.6) is 0 Å². The second-order valence-electron chi connectivity index (χ2n) is 7.54. The van der Waals surface area contributed by atoms with Crippen LogP contribution in [-0.2, 0) is 4.74 Å². The maximum absolute atomic E-state index is 14.5. The van der Waals surface area contributed by atoms with Crippen LogP contribution < -0.4 is 0 Å². The van der Waals surface area contributed by atoms with Crippen LogP contribution in [0.2, 0.25) is 0 Å². The normalized spacial score (nSPS) is 60.1. The fourth-order valence-corrected chi connectivity index (χ4v) is 6.38. The van der Waals surface area contributed by atoms with Gasteiger partial charge in [0.1, 0.15) is 0 Å². The Bertz CT molecular complexity index is 573. The van der Waals surface area contributed by atoms with Crippen molar-refractivity contribution < 1.29 is 31.8 Å². The maximum atomic E-state index is 14.5. The zero-order valence-corrected chi connectivity index (χ0v) is 11.4. The highest BCUT2D eigenvalue weighted by atomic mass is 19.4. The molecule has 22 heavy (non-hydrogen) atoms. The summed E-state index contributed by atoms with van der Waals surface area (Å²) in [7, 11) is 0. The van der Waals surface area contributed by atoms with Gasteiger partial charge in [0, 0.05) is 0 Å². The molecule has 0 radical (unpaired) electrons. The zero-order chi connectivity index (χ0) is 15.7. The van der Waals surface area contributed by atoms with Gasteiger partial charge in [0.15, 0.2) is 0 Å². The van der Waals surface area contributed by atoms with Gasteiger partial charge in [0.25, 0.3) is 0 Å². The first-order valence-electron chi connectivity index (χ1n) is 7.70. The summed E-state index contributed by atoms with van der Waals surface area (Å²) in [6.45, 7) is 0. The molecule has 4 aliphatic carbocycles. The van der Waals surface area contributed by atoms with Crippen molar-refractivity contribution in [1.82, 2.24) is 0 Å². The third-order valence-corrected chi connectivity index (χ3v) is 6.91. The molecule has 0 aromatic rings. The average molecular weight is 322 g/mol. The number of fused-ring (bicyclic) bond motifs is 12. The molecular weight excluding hydrogens is 307 g/mol. The molecule has 3 saturated carbocycles. The Balaban J connectivity index is 1.58. The second kappa shape index (κ2) is 3.53. The van der Waals surface area contributed by atoms with E-state index in [0.717, 1.165) is 6.42 Å². The Kier molecular flexibility index (Phi) is 2.20. The number of rotatable bonds is 0. The third-order valence-electron chi connectivity index (χ3n) is 6.91. The number of alkyl halides is 5. The lowest BCUT2D eigenvalue weighted by molar-refractivity contribution is -0.411. The number of halogens is 5. The molecule has 2 nitrogen and oxygen atoms in total. The molecule has 9 unspecified atom stereocenters. The van der Waals surface area contributed by atoms with Gasteiger partial charge < -0.3 is 9.84 Å². The van der Waals surface area contributed by atoms with Crippen molar-refractivity contribution in [2.24, 2.45) is 41.4 Å². The van der Waals surface area contributed by atoms with Crippen molar-refractivity contribution in [1.29, 1.82) is 0 Å². The molecule has 9 atom stereocenters. The van der Waals surface area contributed by atoms with Gasteiger partial charge in [-0.25, -0.2) is 0 Å². The number of hydrogen-bond donors (Lipinski definition) is 1. The van der Waals surface area contributed by atoms with Crippen LogP contribution in [0.3, 0.4) is 0 Å². The minimum absolute atomic E-state index is 0.0336. The zero-order valence-electron chi connectivity index (χ0n) is 11.4. The van der Waals surface area contributed by atoms with Gasteiger partial charge in [0.05, 0.1) is 12.0 Å². The van der Waals surface area contributed by atoms with Gasteiger partial charge in [0.2, 0.25) is 0 Å². The predicted molar refractivity (Wildman–Crippen MR) is 63.6 cm³/mol. The average Bonchev–Trinajstić information content (AvgIpc) is 3.14. The first-order chi connectivity index (χ1) is 10.2. The van der Waals surface area contributed by atoms with Crippen LogP contribution in [0.1, 0.15) is 12.8 Å². The third kappa shape index (κ3) is 1.20. The molecule has 0 aromatic carbocycles. The fraction of sp³-hybridized carbons (Fsp3) is 0.867. The number of hydrogen-bond acceptors (Lipinski definition) is 2. The van der Waals surface area contributed by atoms with Crippen molar-refractivity contribution in [3.63, 3.8) is 0 Å². The monoisotopic (exact) mass is 322 g/mol. The number of aliphatic hydroxyl groups is 1. The summed E-state index contributed by atoms with van der Waals surface area (Å²) < 4.78 is 72.7. The highest BCUT2D eigenvalue weighted by molar-refractivity contribution is 5.26. The minimum Gasteiger partial charge on any atom is -0.354 e. The summed E-state index contributed by atoms with van der Waals surface area (Å²) >= 11 is 0. The first-order valence-corrected chi connectivity index (χ1v) is 7.70. The second-order valence-corrected chi connectivity index (χ2v) is 7.54. The highest BCUT2D eigenvalue weighted by Crippen LogP contribution is 2.73. The topological polar surface area (TPSA) is 29.5 Å². The Morgan fingerprint density at radius 1 is 1.00 bits per heavy atom. The van der Waals surface area contributed by atoms with Crippen LogP contribution in [0.15, 0.2) is 12.2 Å². The van der Waals surface area contributed by atoms with E-state index in [1.807, 2.05) is 6.08 Å². The van der Waals surface area contributed by atoms with Crippen LogP contribution >= 0.6 is 0 Å². The van der Waals surface area contributed by atoms with E-state index >= 15 is 0 Å². The summed E-state index contributed by atoms with van der Waals surface area (Å²) in [6, 6.07) is 0. The van der Waals surface area contributed by atoms with E-state index in [-0.39, 0.29) is 29.6 Å². The Labute approximate surface area is 123 Å². The SMILES string of the molecule is OC1(C(F)(F)F)OC2C3CC(C4C5C=CC(C5)C34)C2C1(F)F. The van der Waals surface area contributed by atoms with Crippen molar-refractivity contribution in [2.45, 2.75) is 36.8 Å². The van der Waals surface area contributed by atoms with Gasteiger partial charge in [-0.05, 0) is 48.3 Å². The van der Waals surface area contributed by atoms with Crippen molar-refractivity contribution in [3.05, 3.63) is 12.2 Å². The van der Waals surface area contributed by atoms with E-state index in [9.17, 15) is 27.1 Å². The van der Waals surface area contributed by atoms with Crippen LogP contribution in [0.4, 0.5) is 22.0 Å². The van der Waals surface area contributed by atoms with Crippen molar-refractivity contribution in [3.8, 4) is 0 Å². The largest absolute Gasteiger partial charge is 0.449 e. The summed E-state index contributed by atoms with van der Waals surface area (Å²) in [4.78, 5) is 0. The summed E-state index contributed by atoms with van der Waals surface area (Å²) in [5.41, 5.74) is 0. The van der Waals surface area contributed by atoms with E-state index < -0.39 is 35.8 Å². The van der Waals surface area contributed by atoms with Crippen LogP contribution in [0.25, 0.3) is 0 Å². The fourth-order valence-electron chi connectivity index (χ4n) is 6.38. The van der Waals surface area contributed by atoms with Gasteiger partial charge >= 0.3 is 17.9 Å². The molecule has 122 valence electrons. The molecule has 1 heterocycles. The molecule has 7 heteroatoms. The molecular formula is C15H15F5O2. The summed E-state index contributed by atoms with van der Waals surface area (Å²) in [6.07, 6.45) is -1.14. The molecule has 5 rings (SSSR count). The van der Waals surface area contributed by atoms with E-state index in [1.54, 1.807) is 0 Å². The van der Waals surface area contributed by atoms with Crippen LogP contribution in [0, 0.1) is 41.4 Å². The maximum Gasteiger partial charge on any atom is 0.449 e. The Hall–Kier alpha value is -0.690. The predicted octanol–water partition coefficient (Wildman–Crippen LogP) is 2.98. The smallest absolute Gasteiger partial charge is 0.354 e. The van der Waals surface area contributed by atoms with Crippen LogP contribution in [-0.4, -0.2) is 29.1 Å². The van der Waals surface area contributed by atoms with Gasteiger partial charge in [-0.15, -0.1) is 0 Å². The Morgan fingerprint density at radius 2 is 1.59 bits per heavy atom.